The van der Waals surface area contributed by atoms with Crippen LogP contribution in [0.4, 0.5) is 11.5 Å². The molecule has 0 saturated heterocycles. The van der Waals surface area contributed by atoms with E-state index in [9.17, 15) is 18.5 Å². The summed E-state index contributed by atoms with van der Waals surface area (Å²) in [5.41, 5.74) is 6.44. The molecule has 2 rings (SSSR count). The lowest BCUT2D eigenvalue weighted by Gasteiger charge is -2.13. The molecule has 0 aliphatic carbocycles. The molecular weight excluding hydrogens is 412 g/mol. The average Bonchev–Trinajstić information content (AvgIpc) is 2.66. The molecule has 0 unspecified atom stereocenters. The molecule has 3 N–H and O–H groups in total. The van der Waals surface area contributed by atoms with E-state index in [1.54, 1.807) is 18.2 Å². The highest BCUT2D eigenvalue weighted by atomic mass is 32.2. The van der Waals surface area contributed by atoms with Crippen LogP contribution < -0.4 is 25.3 Å². The van der Waals surface area contributed by atoms with E-state index in [-0.39, 0.29) is 41.7 Å². The Bertz CT molecular complexity index is 1080. The lowest BCUT2D eigenvalue weighted by molar-refractivity contribution is -0.115. The van der Waals surface area contributed by atoms with Crippen molar-refractivity contribution in [3.8, 4) is 23.4 Å². The topological polar surface area (TPSA) is 154 Å². The SMILES string of the molecule is COc1ccc(OC)c(CC(=O)Nc2cc(N)c(C#N)c(OCCS(C)(=O)=O)n2)c1. The van der Waals surface area contributed by atoms with Gasteiger partial charge in [-0.2, -0.15) is 10.2 Å². The summed E-state index contributed by atoms with van der Waals surface area (Å²) in [4.78, 5) is 16.6. The predicted octanol–water partition coefficient (Wildman–Crippen LogP) is 1.16. The first kappa shape index (κ1) is 22.8. The fraction of sp³-hybridized carbons (Fsp3) is 0.316. The molecule has 0 aliphatic rings. The monoisotopic (exact) mass is 434 g/mol. The zero-order chi connectivity index (χ0) is 22.3. The standard InChI is InChI=1S/C19H22N4O6S/c1-27-13-4-5-16(28-2)12(8-13)9-18(24)22-17-10-15(21)14(11-20)19(23-17)29-6-7-30(3,25)26/h4-5,8,10H,6-7,9H2,1-3H3,(H3,21,22,23,24). The maximum atomic E-state index is 12.5. The molecule has 1 aromatic carbocycles. The van der Waals surface area contributed by atoms with Crippen LogP contribution >= 0.6 is 0 Å². The fourth-order valence-corrected chi connectivity index (χ4v) is 2.88. The number of anilines is 2. The van der Waals surface area contributed by atoms with E-state index in [0.717, 1.165) is 6.26 Å². The minimum atomic E-state index is -3.26. The summed E-state index contributed by atoms with van der Waals surface area (Å²) >= 11 is 0. The number of amides is 1. The molecule has 0 atom stereocenters. The molecule has 0 aliphatic heterocycles. The number of hydrogen-bond donors (Lipinski definition) is 2. The van der Waals surface area contributed by atoms with Crippen molar-refractivity contribution in [3.63, 3.8) is 0 Å². The summed E-state index contributed by atoms with van der Waals surface area (Å²) in [7, 11) is -0.252. The maximum Gasteiger partial charge on any atom is 0.235 e. The van der Waals surface area contributed by atoms with Crippen LogP contribution in [0.3, 0.4) is 0 Å². The molecule has 0 fully saturated rings. The van der Waals surface area contributed by atoms with Crippen molar-refractivity contribution in [3.05, 3.63) is 35.4 Å². The number of nitrogens with one attached hydrogen (secondary N) is 1. The van der Waals surface area contributed by atoms with Crippen LogP contribution in [0.2, 0.25) is 0 Å². The molecule has 1 heterocycles. The van der Waals surface area contributed by atoms with Gasteiger partial charge in [-0.3, -0.25) is 4.79 Å². The van der Waals surface area contributed by atoms with Gasteiger partial charge in [0.05, 0.1) is 32.1 Å². The Morgan fingerprint density at radius 1 is 1.27 bits per heavy atom. The summed E-state index contributed by atoms with van der Waals surface area (Å²) in [6.07, 6.45) is 1.03. The maximum absolute atomic E-state index is 12.5. The Morgan fingerprint density at radius 3 is 2.60 bits per heavy atom. The number of rotatable bonds is 9. The van der Waals surface area contributed by atoms with Gasteiger partial charge < -0.3 is 25.3 Å². The number of nitrogens with two attached hydrogens (primary N) is 1. The van der Waals surface area contributed by atoms with Gasteiger partial charge in [-0.25, -0.2) is 8.42 Å². The minimum Gasteiger partial charge on any atom is -0.497 e. The van der Waals surface area contributed by atoms with Crippen molar-refractivity contribution in [2.75, 3.05) is 43.9 Å². The lowest BCUT2D eigenvalue weighted by atomic mass is 10.1. The van der Waals surface area contributed by atoms with Gasteiger partial charge in [0.15, 0.2) is 9.84 Å². The first-order chi connectivity index (χ1) is 14.2. The van der Waals surface area contributed by atoms with Gasteiger partial charge in [0.2, 0.25) is 11.8 Å². The number of nitriles is 1. The van der Waals surface area contributed by atoms with Crippen molar-refractivity contribution in [2.45, 2.75) is 6.42 Å². The van der Waals surface area contributed by atoms with Crippen LogP contribution in [0, 0.1) is 11.3 Å². The number of carbonyl (C=O) groups excluding carboxylic acids is 1. The van der Waals surface area contributed by atoms with Crippen molar-refractivity contribution in [1.82, 2.24) is 4.98 Å². The minimum absolute atomic E-state index is 0.0355. The summed E-state index contributed by atoms with van der Waals surface area (Å²) in [5, 5.41) is 11.8. The fourth-order valence-electron chi connectivity index (χ4n) is 2.49. The molecule has 30 heavy (non-hydrogen) atoms. The molecular formula is C19H22N4O6S. The Kier molecular flexibility index (Phi) is 7.43. The summed E-state index contributed by atoms with van der Waals surface area (Å²) in [5.74, 6) is 0.318. The second-order valence-electron chi connectivity index (χ2n) is 6.27. The molecule has 1 amide bonds. The van der Waals surface area contributed by atoms with Crippen molar-refractivity contribution >= 4 is 27.2 Å². The first-order valence-electron chi connectivity index (χ1n) is 8.68. The number of ether oxygens (including phenoxy) is 3. The number of nitrogen functional groups attached to an aromatic ring is 1. The van der Waals surface area contributed by atoms with Gasteiger partial charge in [0.1, 0.15) is 35.6 Å². The molecule has 160 valence electrons. The van der Waals surface area contributed by atoms with E-state index in [1.165, 1.54) is 20.3 Å². The number of hydrogen-bond acceptors (Lipinski definition) is 9. The Hall–Kier alpha value is -3.52. The smallest absolute Gasteiger partial charge is 0.235 e. The van der Waals surface area contributed by atoms with Gasteiger partial charge in [-0.1, -0.05) is 0 Å². The highest BCUT2D eigenvalue weighted by Gasteiger charge is 2.16. The van der Waals surface area contributed by atoms with Crippen LogP contribution in [0.25, 0.3) is 0 Å². The molecule has 0 saturated carbocycles. The van der Waals surface area contributed by atoms with E-state index >= 15 is 0 Å². The number of carbonyl (C=O) groups is 1. The number of benzene rings is 1. The van der Waals surface area contributed by atoms with Gasteiger partial charge in [-0.15, -0.1) is 0 Å². The Labute approximate surface area is 174 Å². The normalized spacial score (nSPS) is 10.7. The molecule has 10 nitrogen and oxygen atoms in total. The van der Waals surface area contributed by atoms with E-state index in [1.807, 2.05) is 6.07 Å². The second kappa shape index (κ2) is 9.80. The van der Waals surface area contributed by atoms with Gasteiger partial charge in [0, 0.05) is 17.9 Å². The van der Waals surface area contributed by atoms with Crippen LogP contribution in [0.15, 0.2) is 24.3 Å². The number of pyridine rings is 1. The third-order valence-electron chi connectivity index (χ3n) is 3.93. The van der Waals surface area contributed by atoms with E-state index in [0.29, 0.717) is 17.1 Å². The lowest BCUT2D eigenvalue weighted by Crippen LogP contribution is -2.18. The van der Waals surface area contributed by atoms with Crippen LogP contribution in [-0.4, -0.2) is 52.1 Å². The summed E-state index contributed by atoms with van der Waals surface area (Å²) in [6.45, 7) is -0.210. The number of methoxy groups -OCH3 is 2. The van der Waals surface area contributed by atoms with E-state index < -0.39 is 15.7 Å². The second-order valence-corrected chi connectivity index (χ2v) is 8.53. The largest absolute Gasteiger partial charge is 0.497 e. The van der Waals surface area contributed by atoms with Crippen molar-refractivity contribution in [1.29, 1.82) is 5.26 Å². The van der Waals surface area contributed by atoms with Crippen LogP contribution in [-0.2, 0) is 21.1 Å². The molecule has 0 radical (unpaired) electrons. The highest BCUT2D eigenvalue weighted by Crippen LogP contribution is 2.27. The van der Waals surface area contributed by atoms with Crippen LogP contribution in [0.5, 0.6) is 17.4 Å². The zero-order valence-electron chi connectivity index (χ0n) is 16.8. The van der Waals surface area contributed by atoms with Gasteiger partial charge in [0.25, 0.3) is 0 Å². The third kappa shape index (κ3) is 6.25. The predicted molar refractivity (Wildman–Crippen MR) is 110 cm³/mol. The zero-order valence-corrected chi connectivity index (χ0v) is 17.6. The van der Waals surface area contributed by atoms with Crippen molar-refractivity contribution in [2.24, 2.45) is 0 Å². The number of sulfone groups is 1. The molecule has 0 bridgehead atoms. The van der Waals surface area contributed by atoms with E-state index in [4.69, 9.17) is 19.9 Å². The van der Waals surface area contributed by atoms with Gasteiger partial charge in [-0.05, 0) is 18.2 Å². The highest BCUT2D eigenvalue weighted by molar-refractivity contribution is 7.90. The quantitative estimate of drug-likeness (QED) is 0.591. The summed E-state index contributed by atoms with van der Waals surface area (Å²) in [6, 6.07) is 8.26. The Balaban J connectivity index is 2.20. The van der Waals surface area contributed by atoms with Crippen molar-refractivity contribution < 1.29 is 27.4 Å². The van der Waals surface area contributed by atoms with Gasteiger partial charge >= 0.3 is 0 Å². The summed E-state index contributed by atoms with van der Waals surface area (Å²) < 4.78 is 38.3. The molecule has 1 aromatic heterocycles. The van der Waals surface area contributed by atoms with E-state index in [2.05, 4.69) is 10.3 Å². The Morgan fingerprint density at radius 2 is 2.00 bits per heavy atom. The molecule has 11 heteroatoms. The first-order valence-corrected chi connectivity index (χ1v) is 10.7. The van der Waals surface area contributed by atoms with Crippen LogP contribution in [0.1, 0.15) is 11.1 Å². The number of nitrogens with zero attached hydrogens (tertiary/aromatic N) is 2. The number of aromatic nitrogens is 1. The average molecular weight is 434 g/mol. The molecule has 0 spiro atoms. The molecule has 2 aromatic rings. The third-order valence-corrected chi connectivity index (χ3v) is 4.84.